The number of nitrogens with one attached hydrogen (secondary N) is 2. The second-order valence-corrected chi connectivity index (χ2v) is 10.9. The Morgan fingerprint density at radius 3 is 2.11 bits per heavy atom. The van der Waals surface area contributed by atoms with E-state index in [1.807, 2.05) is 20.8 Å². The van der Waals surface area contributed by atoms with E-state index < -0.39 is 20.5 Å². The highest BCUT2D eigenvalue weighted by Gasteiger charge is 2.44. The maximum absolute atomic E-state index is 13.0. The number of sulfone groups is 1. The van der Waals surface area contributed by atoms with Gasteiger partial charge < -0.3 is 15.5 Å². The fourth-order valence-corrected chi connectivity index (χ4v) is 3.91. The van der Waals surface area contributed by atoms with E-state index in [1.165, 1.54) is 45.0 Å². The number of nitrogens with zero attached hydrogens (tertiary/aromatic N) is 1. The third-order valence-electron chi connectivity index (χ3n) is 4.60. The summed E-state index contributed by atoms with van der Waals surface area (Å²) < 4.78 is 24.3. The van der Waals surface area contributed by atoms with Crippen LogP contribution in [0.1, 0.15) is 48.0 Å². The van der Waals surface area contributed by atoms with Crippen LogP contribution in [0.15, 0.2) is 34.3 Å². The SMILES string of the molecule is CC(=O)Nc1ccc(S(=O)(=O)C(C)(C)C(=O)NC2=NOC(C(C)(C)C)C2)cc1. The largest absolute Gasteiger partial charge is 0.390 e. The van der Waals surface area contributed by atoms with Gasteiger partial charge in [0, 0.05) is 24.4 Å². The molecule has 1 aliphatic rings. The summed E-state index contributed by atoms with van der Waals surface area (Å²) >= 11 is 0. The Morgan fingerprint density at radius 1 is 1.07 bits per heavy atom. The van der Waals surface area contributed by atoms with Crippen molar-refractivity contribution < 1.29 is 22.8 Å². The minimum absolute atomic E-state index is 0.0149. The molecule has 0 aromatic heterocycles. The van der Waals surface area contributed by atoms with Crippen LogP contribution in [0.25, 0.3) is 0 Å². The number of amidine groups is 1. The van der Waals surface area contributed by atoms with Crippen molar-refractivity contribution in [3.8, 4) is 0 Å². The first-order valence-electron chi connectivity index (χ1n) is 8.91. The van der Waals surface area contributed by atoms with E-state index in [2.05, 4.69) is 15.8 Å². The number of benzene rings is 1. The molecule has 2 N–H and O–H groups in total. The summed E-state index contributed by atoms with van der Waals surface area (Å²) in [7, 11) is -3.99. The summed E-state index contributed by atoms with van der Waals surface area (Å²) in [6.07, 6.45) is 0.209. The fourth-order valence-electron chi connectivity index (χ4n) is 2.53. The Hall–Kier alpha value is -2.42. The number of anilines is 1. The molecule has 1 aliphatic heterocycles. The lowest BCUT2D eigenvalue weighted by atomic mass is 9.87. The van der Waals surface area contributed by atoms with Gasteiger partial charge in [-0.05, 0) is 38.1 Å². The minimum Gasteiger partial charge on any atom is -0.390 e. The maximum Gasteiger partial charge on any atom is 0.246 e. The van der Waals surface area contributed by atoms with Gasteiger partial charge in [-0.1, -0.05) is 25.9 Å². The maximum atomic E-state index is 13.0. The number of hydrogen-bond acceptors (Lipinski definition) is 6. The molecule has 9 heteroatoms. The van der Waals surface area contributed by atoms with Gasteiger partial charge in [0.25, 0.3) is 0 Å². The highest BCUT2D eigenvalue weighted by atomic mass is 32.2. The molecular weight excluding hydrogens is 382 g/mol. The molecule has 2 rings (SSSR count). The quantitative estimate of drug-likeness (QED) is 0.793. The highest BCUT2D eigenvalue weighted by molar-refractivity contribution is 7.93. The lowest BCUT2D eigenvalue weighted by Crippen LogP contribution is -2.49. The second kappa shape index (κ2) is 7.54. The second-order valence-electron chi connectivity index (χ2n) is 8.38. The molecular formula is C19H27N3O5S. The van der Waals surface area contributed by atoms with E-state index in [1.54, 1.807) is 0 Å². The van der Waals surface area contributed by atoms with Gasteiger partial charge in [0.05, 0.1) is 4.90 Å². The Bertz CT molecular complexity index is 896. The van der Waals surface area contributed by atoms with E-state index in [0.29, 0.717) is 17.9 Å². The van der Waals surface area contributed by atoms with Crippen LogP contribution in [0.4, 0.5) is 5.69 Å². The molecule has 0 aliphatic carbocycles. The van der Waals surface area contributed by atoms with E-state index >= 15 is 0 Å². The number of carbonyl (C=O) groups is 2. The third-order valence-corrected chi connectivity index (χ3v) is 7.02. The van der Waals surface area contributed by atoms with Crippen LogP contribution in [0.2, 0.25) is 0 Å². The standard InChI is InChI=1S/C19H27N3O5S/c1-12(23)20-13-7-9-14(10-8-13)28(25,26)19(5,6)17(24)21-16-11-15(27-22-16)18(2,3)4/h7-10,15H,11H2,1-6H3,(H,20,23)(H,21,22,24). The molecule has 0 saturated carbocycles. The predicted octanol–water partition coefficient (Wildman–Crippen LogP) is 2.46. The van der Waals surface area contributed by atoms with Crippen molar-refractivity contribution in [2.24, 2.45) is 10.6 Å². The first-order chi connectivity index (χ1) is 12.7. The summed E-state index contributed by atoms with van der Waals surface area (Å²) in [6, 6.07) is 5.68. The number of rotatable bonds is 4. The molecule has 1 aromatic rings. The molecule has 1 unspecified atom stereocenters. The van der Waals surface area contributed by atoms with Crippen molar-refractivity contribution in [3.63, 3.8) is 0 Å². The lowest BCUT2D eigenvalue weighted by molar-refractivity contribution is -0.121. The van der Waals surface area contributed by atoms with Crippen LogP contribution < -0.4 is 10.6 Å². The Morgan fingerprint density at radius 2 is 1.64 bits per heavy atom. The molecule has 0 fully saturated rings. The monoisotopic (exact) mass is 409 g/mol. The topological polar surface area (TPSA) is 114 Å². The summed E-state index contributed by atoms with van der Waals surface area (Å²) in [5.41, 5.74) is 0.312. The summed E-state index contributed by atoms with van der Waals surface area (Å²) in [5.74, 6) is -0.631. The molecule has 1 atom stereocenters. The number of amides is 2. The zero-order valence-electron chi connectivity index (χ0n) is 17.0. The van der Waals surface area contributed by atoms with Crippen molar-refractivity contribution in [2.75, 3.05) is 5.32 Å². The first kappa shape index (κ1) is 21.9. The van der Waals surface area contributed by atoms with E-state index in [-0.39, 0.29) is 22.3 Å². The summed E-state index contributed by atoms with van der Waals surface area (Å²) in [6.45, 7) is 10.0. The molecule has 0 saturated heterocycles. The van der Waals surface area contributed by atoms with Gasteiger partial charge in [-0.25, -0.2) is 8.42 Å². The van der Waals surface area contributed by atoms with Crippen LogP contribution in [0.3, 0.4) is 0 Å². The summed E-state index contributed by atoms with van der Waals surface area (Å²) in [5, 5.41) is 9.03. The van der Waals surface area contributed by atoms with Gasteiger partial charge in [0.15, 0.2) is 15.7 Å². The Kier molecular flexibility index (Phi) is 5.89. The number of carbonyl (C=O) groups excluding carboxylic acids is 2. The van der Waals surface area contributed by atoms with Crippen LogP contribution in [-0.4, -0.2) is 36.9 Å². The van der Waals surface area contributed by atoms with Gasteiger partial charge in [0.2, 0.25) is 11.8 Å². The fraction of sp³-hybridized carbons (Fsp3) is 0.526. The van der Waals surface area contributed by atoms with Crippen molar-refractivity contribution in [1.82, 2.24) is 5.32 Å². The Balaban J connectivity index is 2.15. The average Bonchev–Trinajstić information content (AvgIpc) is 3.03. The normalized spacial score (nSPS) is 17.5. The zero-order chi connectivity index (χ0) is 21.3. The van der Waals surface area contributed by atoms with Gasteiger partial charge in [0.1, 0.15) is 10.9 Å². The van der Waals surface area contributed by atoms with Gasteiger partial charge >= 0.3 is 0 Å². The predicted molar refractivity (Wildman–Crippen MR) is 107 cm³/mol. The molecule has 0 radical (unpaired) electrons. The van der Waals surface area contributed by atoms with E-state index in [0.717, 1.165) is 0 Å². The number of hydrogen-bond donors (Lipinski definition) is 2. The average molecular weight is 410 g/mol. The highest BCUT2D eigenvalue weighted by Crippen LogP contribution is 2.30. The molecule has 0 spiro atoms. The van der Waals surface area contributed by atoms with Crippen LogP contribution in [-0.2, 0) is 24.3 Å². The van der Waals surface area contributed by atoms with Crippen molar-refractivity contribution in [2.45, 2.75) is 63.7 Å². The molecule has 28 heavy (non-hydrogen) atoms. The minimum atomic E-state index is -3.99. The smallest absolute Gasteiger partial charge is 0.246 e. The lowest BCUT2D eigenvalue weighted by Gasteiger charge is -2.25. The van der Waals surface area contributed by atoms with Gasteiger partial charge in [-0.15, -0.1) is 0 Å². The van der Waals surface area contributed by atoms with E-state index in [9.17, 15) is 18.0 Å². The third kappa shape index (κ3) is 4.52. The first-order valence-corrected chi connectivity index (χ1v) is 10.4. The van der Waals surface area contributed by atoms with Gasteiger partial charge in [-0.3, -0.25) is 9.59 Å². The van der Waals surface area contributed by atoms with Crippen molar-refractivity contribution in [3.05, 3.63) is 24.3 Å². The Labute approximate surface area is 165 Å². The number of oxime groups is 1. The van der Waals surface area contributed by atoms with Crippen LogP contribution >= 0.6 is 0 Å². The molecule has 2 amide bonds. The van der Waals surface area contributed by atoms with Crippen LogP contribution in [0.5, 0.6) is 0 Å². The molecule has 1 heterocycles. The zero-order valence-corrected chi connectivity index (χ0v) is 17.8. The molecule has 0 bridgehead atoms. The molecule has 8 nitrogen and oxygen atoms in total. The molecule has 154 valence electrons. The van der Waals surface area contributed by atoms with Crippen molar-refractivity contribution in [1.29, 1.82) is 0 Å². The van der Waals surface area contributed by atoms with Gasteiger partial charge in [-0.2, -0.15) is 0 Å². The van der Waals surface area contributed by atoms with Crippen molar-refractivity contribution >= 4 is 33.2 Å². The molecule has 1 aromatic carbocycles. The van der Waals surface area contributed by atoms with Crippen LogP contribution in [0, 0.1) is 5.41 Å². The van der Waals surface area contributed by atoms with E-state index in [4.69, 9.17) is 4.84 Å². The summed E-state index contributed by atoms with van der Waals surface area (Å²) in [4.78, 5) is 29.1.